The number of hydrogen-bond donors (Lipinski definition) is 1. The van der Waals surface area contributed by atoms with Crippen LogP contribution in [0.4, 0.5) is 8.78 Å². The highest BCUT2D eigenvalue weighted by molar-refractivity contribution is 5.45. The molecule has 0 bridgehead atoms. The van der Waals surface area contributed by atoms with Gasteiger partial charge < -0.3 is 14.6 Å². The molecule has 1 N–H and O–H groups in total. The maximum atomic E-state index is 13.3. The van der Waals surface area contributed by atoms with Crippen molar-refractivity contribution in [3.05, 3.63) is 59.2 Å². The van der Waals surface area contributed by atoms with Crippen molar-refractivity contribution in [2.24, 2.45) is 0 Å². The van der Waals surface area contributed by atoms with Crippen molar-refractivity contribution in [1.29, 1.82) is 0 Å². The summed E-state index contributed by atoms with van der Waals surface area (Å²) in [7, 11) is 0. The Bertz CT molecular complexity index is 658. The summed E-state index contributed by atoms with van der Waals surface area (Å²) in [5, 5.41) is 10.3. The highest BCUT2D eigenvalue weighted by Crippen LogP contribution is 2.34. The molecule has 0 saturated heterocycles. The maximum absolute atomic E-state index is 13.3. The largest absolute Gasteiger partial charge is 0.490 e. The Hall–Kier alpha value is -2.14. The molecule has 5 heteroatoms. The lowest BCUT2D eigenvalue weighted by molar-refractivity contribution is 0.218. The Morgan fingerprint density at radius 1 is 0.857 bits per heavy atom. The quantitative estimate of drug-likeness (QED) is 0.923. The minimum atomic E-state index is -1.06. The molecule has 3 nitrogen and oxygen atoms in total. The molecule has 1 atom stereocenters. The molecule has 3 rings (SSSR count). The molecule has 1 unspecified atom stereocenters. The van der Waals surface area contributed by atoms with E-state index < -0.39 is 17.7 Å². The molecule has 1 heterocycles. The van der Waals surface area contributed by atoms with Gasteiger partial charge in [-0.1, -0.05) is 12.1 Å². The number of hydrogen-bond acceptors (Lipinski definition) is 3. The Morgan fingerprint density at radius 2 is 1.52 bits per heavy atom. The van der Waals surface area contributed by atoms with Gasteiger partial charge in [-0.2, -0.15) is 0 Å². The lowest BCUT2D eigenvalue weighted by Crippen LogP contribution is -2.02. The highest BCUT2D eigenvalue weighted by atomic mass is 19.2. The number of benzene rings is 2. The van der Waals surface area contributed by atoms with Crippen molar-refractivity contribution < 1.29 is 23.4 Å². The molecule has 0 radical (unpaired) electrons. The number of halogens is 2. The minimum Gasteiger partial charge on any atom is -0.490 e. The summed E-state index contributed by atoms with van der Waals surface area (Å²) in [5.41, 5.74) is 0.814. The van der Waals surface area contributed by atoms with E-state index in [4.69, 9.17) is 9.47 Å². The molecule has 2 aromatic rings. The molecule has 0 aromatic heterocycles. The van der Waals surface area contributed by atoms with Crippen molar-refractivity contribution in [2.75, 3.05) is 13.2 Å². The van der Waals surface area contributed by atoms with Gasteiger partial charge in [0.25, 0.3) is 0 Å². The van der Waals surface area contributed by atoms with Crippen LogP contribution in [0.15, 0.2) is 36.4 Å². The van der Waals surface area contributed by atoms with Gasteiger partial charge in [0.2, 0.25) is 0 Å². The van der Waals surface area contributed by atoms with Crippen molar-refractivity contribution in [1.82, 2.24) is 0 Å². The Morgan fingerprint density at radius 3 is 2.29 bits per heavy atom. The number of aliphatic hydroxyl groups excluding tert-OH is 1. The third kappa shape index (κ3) is 2.83. The van der Waals surface area contributed by atoms with Crippen molar-refractivity contribution in [3.63, 3.8) is 0 Å². The van der Waals surface area contributed by atoms with Crippen LogP contribution in [0.2, 0.25) is 0 Å². The first kappa shape index (κ1) is 13.8. The van der Waals surface area contributed by atoms with Gasteiger partial charge in [-0.05, 0) is 35.4 Å². The van der Waals surface area contributed by atoms with Gasteiger partial charge in [-0.25, -0.2) is 8.78 Å². The van der Waals surface area contributed by atoms with Gasteiger partial charge in [0.15, 0.2) is 23.1 Å². The van der Waals surface area contributed by atoms with Crippen LogP contribution in [-0.4, -0.2) is 18.3 Å². The third-order valence-electron chi connectivity index (χ3n) is 3.35. The molecule has 0 saturated carbocycles. The molecule has 0 fully saturated rings. The second-order valence-corrected chi connectivity index (χ2v) is 4.83. The summed E-state index contributed by atoms with van der Waals surface area (Å²) in [6, 6.07) is 8.39. The summed E-state index contributed by atoms with van der Waals surface area (Å²) >= 11 is 0. The summed E-state index contributed by atoms with van der Waals surface area (Å²) in [6.45, 7) is 1.12. The summed E-state index contributed by atoms with van der Waals surface area (Å²) in [6.07, 6.45) is -0.271. The second-order valence-electron chi connectivity index (χ2n) is 4.83. The predicted molar refractivity (Wildman–Crippen MR) is 72.5 cm³/mol. The Labute approximate surface area is 120 Å². The molecule has 1 aliphatic heterocycles. The van der Waals surface area contributed by atoms with E-state index in [9.17, 15) is 13.9 Å². The van der Waals surface area contributed by atoms with Crippen molar-refractivity contribution >= 4 is 0 Å². The lowest BCUT2D eigenvalue weighted by atomic mass is 10.0. The van der Waals surface area contributed by atoms with Crippen LogP contribution in [0.3, 0.4) is 0 Å². The van der Waals surface area contributed by atoms with Gasteiger partial charge >= 0.3 is 0 Å². The van der Waals surface area contributed by atoms with Gasteiger partial charge in [0.1, 0.15) is 6.10 Å². The highest BCUT2D eigenvalue weighted by Gasteiger charge is 2.17. The summed E-state index contributed by atoms with van der Waals surface area (Å²) < 4.78 is 37.2. The Kier molecular flexibility index (Phi) is 3.75. The first-order chi connectivity index (χ1) is 10.1. The summed E-state index contributed by atoms with van der Waals surface area (Å²) in [5.74, 6) is -0.758. The normalized spacial score (nSPS) is 15.4. The lowest BCUT2D eigenvalue weighted by Gasteiger charge is -2.14. The molecule has 0 spiro atoms. The Balaban J connectivity index is 1.92. The predicted octanol–water partition coefficient (Wildman–Crippen LogP) is 3.21. The topological polar surface area (TPSA) is 38.7 Å². The SMILES string of the molecule is OC(c1ccc(F)c(F)c1)c1ccc2c(c1)OCCCO2. The molecule has 1 aliphatic rings. The van der Waals surface area contributed by atoms with Crippen LogP contribution in [0.5, 0.6) is 11.5 Å². The number of rotatable bonds is 2. The van der Waals surface area contributed by atoms with E-state index in [1.54, 1.807) is 18.2 Å². The van der Waals surface area contributed by atoms with Crippen LogP contribution in [0.1, 0.15) is 23.7 Å². The molecule has 0 aliphatic carbocycles. The van der Waals surface area contributed by atoms with E-state index in [1.807, 2.05) is 0 Å². The molecular weight excluding hydrogens is 278 g/mol. The standard InChI is InChI=1S/C16H14F2O3/c17-12-4-2-10(8-13(12)18)16(19)11-3-5-14-15(9-11)21-7-1-6-20-14/h2-5,8-9,16,19H,1,6-7H2. The zero-order valence-electron chi connectivity index (χ0n) is 11.2. The number of aliphatic hydroxyl groups is 1. The van der Waals surface area contributed by atoms with E-state index in [0.717, 1.165) is 18.6 Å². The zero-order valence-corrected chi connectivity index (χ0v) is 11.2. The molecule has 21 heavy (non-hydrogen) atoms. The van der Waals surface area contributed by atoms with Gasteiger partial charge in [0, 0.05) is 6.42 Å². The van der Waals surface area contributed by atoms with Gasteiger partial charge in [-0.3, -0.25) is 0 Å². The summed E-state index contributed by atoms with van der Waals surface area (Å²) in [4.78, 5) is 0. The molecular formula is C16H14F2O3. The smallest absolute Gasteiger partial charge is 0.161 e. The first-order valence-electron chi connectivity index (χ1n) is 6.68. The van der Waals surface area contributed by atoms with E-state index >= 15 is 0 Å². The fourth-order valence-electron chi connectivity index (χ4n) is 2.22. The fraction of sp³-hybridized carbons (Fsp3) is 0.250. The second kappa shape index (κ2) is 5.69. The zero-order chi connectivity index (χ0) is 14.8. The van der Waals surface area contributed by atoms with Gasteiger partial charge in [0.05, 0.1) is 13.2 Å². The maximum Gasteiger partial charge on any atom is 0.161 e. The average Bonchev–Trinajstić information content (AvgIpc) is 2.73. The van der Waals surface area contributed by atoms with Crippen LogP contribution in [0.25, 0.3) is 0 Å². The minimum absolute atomic E-state index is 0.281. The fourth-order valence-corrected chi connectivity index (χ4v) is 2.22. The monoisotopic (exact) mass is 292 g/mol. The van der Waals surface area contributed by atoms with E-state index in [0.29, 0.717) is 30.3 Å². The first-order valence-corrected chi connectivity index (χ1v) is 6.68. The third-order valence-corrected chi connectivity index (χ3v) is 3.35. The van der Waals surface area contributed by atoms with Crippen LogP contribution < -0.4 is 9.47 Å². The van der Waals surface area contributed by atoms with Crippen molar-refractivity contribution in [2.45, 2.75) is 12.5 Å². The number of ether oxygens (including phenoxy) is 2. The van der Waals surface area contributed by atoms with Crippen molar-refractivity contribution in [3.8, 4) is 11.5 Å². The van der Waals surface area contributed by atoms with Crippen LogP contribution in [-0.2, 0) is 0 Å². The van der Waals surface area contributed by atoms with E-state index in [1.165, 1.54) is 6.07 Å². The molecule has 2 aromatic carbocycles. The van der Waals surface area contributed by atoms with Crippen LogP contribution in [0, 0.1) is 11.6 Å². The molecule has 110 valence electrons. The molecule has 0 amide bonds. The van der Waals surface area contributed by atoms with E-state index in [-0.39, 0.29) is 5.56 Å². The number of fused-ring (bicyclic) bond motifs is 1. The average molecular weight is 292 g/mol. The van der Waals surface area contributed by atoms with E-state index in [2.05, 4.69) is 0 Å². The van der Waals surface area contributed by atoms with Gasteiger partial charge in [-0.15, -0.1) is 0 Å². The van der Waals surface area contributed by atoms with Crippen LogP contribution >= 0.6 is 0 Å².